The Morgan fingerprint density at radius 3 is 2.40 bits per heavy atom. The number of piperidine rings is 1. The van der Waals surface area contributed by atoms with E-state index in [1.54, 1.807) is 12.1 Å². The van der Waals surface area contributed by atoms with Crippen molar-refractivity contribution in [1.82, 2.24) is 4.90 Å². The fourth-order valence-electron chi connectivity index (χ4n) is 2.54. The number of aromatic hydroxyl groups is 1. The largest absolute Gasteiger partial charge is 0.508 e. The lowest BCUT2D eigenvalue weighted by atomic mass is 9.82. The number of hydrogen-bond acceptors (Lipinski definition) is 3. The third-order valence-electron chi connectivity index (χ3n) is 4.14. The number of carbonyl (C=O) groups is 1. The molecule has 4 heteroatoms. The summed E-state index contributed by atoms with van der Waals surface area (Å²) in [5.74, 6) is 0.264. The molecule has 4 nitrogen and oxygen atoms in total. The van der Waals surface area contributed by atoms with Gasteiger partial charge in [0.25, 0.3) is 0 Å². The van der Waals surface area contributed by atoms with Crippen LogP contribution >= 0.6 is 0 Å². The predicted molar refractivity (Wildman–Crippen MR) is 79.4 cm³/mol. The van der Waals surface area contributed by atoms with Gasteiger partial charge in [-0.2, -0.15) is 0 Å². The average molecular weight is 276 g/mol. The van der Waals surface area contributed by atoms with Gasteiger partial charge in [0.2, 0.25) is 5.91 Å². The van der Waals surface area contributed by atoms with E-state index in [-0.39, 0.29) is 11.7 Å². The number of benzene rings is 1. The first-order chi connectivity index (χ1) is 9.37. The Bertz CT molecular complexity index is 458. The van der Waals surface area contributed by atoms with Gasteiger partial charge in [0, 0.05) is 13.1 Å². The van der Waals surface area contributed by atoms with Crippen LogP contribution in [0.5, 0.6) is 5.75 Å². The number of phenols is 1. The van der Waals surface area contributed by atoms with Gasteiger partial charge < -0.3 is 15.7 Å². The Morgan fingerprint density at radius 2 is 1.85 bits per heavy atom. The molecule has 0 spiro atoms. The van der Waals surface area contributed by atoms with Crippen molar-refractivity contribution in [2.75, 3.05) is 13.1 Å². The summed E-state index contributed by atoms with van der Waals surface area (Å²) < 4.78 is 0. The fraction of sp³-hybridized carbons (Fsp3) is 0.562. The molecule has 0 radical (unpaired) electrons. The Labute approximate surface area is 120 Å². The summed E-state index contributed by atoms with van der Waals surface area (Å²) in [5.41, 5.74) is 7.34. The van der Waals surface area contributed by atoms with Crippen LogP contribution in [0.2, 0.25) is 0 Å². The smallest absolute Gasteiger partial charge is 0.239 e. The number of nitrogens with two attached hydrogens (primary N) is 1. The summed E-state index contributed by atoms with van der Waals surface area (Å²) in [6, 6.07) is 6.36. The second-order valence-corrected chi connectivity index (χ2v) is 6.47. The number of amides is 1. The third kappa shape index (κ3) is 3.73. The van der Waals surface area contributed by atoms with E-state index in [4.69, 9.17) is 5.73 Å². The van der Waals surface area contributed by atoms with Crippen LogP contribution in [0, 0.1) is 5.41 Å². The number of rotatable bonds is 3. The van der Waals surface area contributed by atoms with Gasteiger partial charge >= 0.3 is 0 Å². The highest BCUT2D eigenvalue weighted by atomic mass is 16.3. The topological polar surface area (TPSA) is 66.6 Å². The molecular weight excluding hydrogens is 252 g/mol. The van der Waals surface area contributed by atoms with Gasteiger partial charge in [-0.05, 0) is 42.4 Å². The zero-order valence-corrected chi connectivity index (χ0v) is 12.3. The normalized spacial score (nSPS) is 19.6. The van der Waals surface area contributed by atoms with Crippen molar-refractivity contribution in [2.24, 2.45) is 11.1 Å². The van der Waals surface area contributed by atoms with Crippen molar-refractivity contribution < 1.29 is 9.90 Å². The molecule has 1 heterocycles. The summed E-state index contributed by atoms with van der Waals surface area (Å²) in [6.45, 7) is 6.08. The van der Waals surface area contributed by atoms with Crippen LogP contribution in [0.3, 0.4) is 0 Å². The van der Waals surface area contributed by atoms with Crippen molar-refractivity contribution in [1.29, 1.82) is 0 Å². The van der Waals surface area contributed by atoms with Crippen LogP contribution in [-0.4, -0.2) is 35.0 Å². The van der Waals surface area contributed by atoms with Crippen LogP contribution < -0.4 is 5.73 Å². The van der Waals surface area contributed by atoms with Crippen LogP contribution in [0.4, 0.5) is 0 Å². The monoisotopic (exact) mass is 276 g/mol. The number of hydrogen-bond donors (Lipinski definition) is 2. The van der Waals surface area contributed by atoms with E-state index < -0.39 is 6.04 Å². The summed E-state index contributed by atoms with van der Waals surface area (Å²) in [4.78, 5) is 14.2. The molecule has 1 fully saturated rings. The summed E-state index contributed by atoms with van der Waals surface area (Å²) in [6.07, 6.45) is 2.58. The zero-order valence-electron chi connectivity index (χ0n) is 12.3. The molecule has 1 aromatic carbocycles. The maximum atomic E-state index is 12.3. The molecule has 1 aliphatic heterocycles. The first-order valence-electron chi connectivity index (χ1n) is 7.20. The van der Waals surface area contributed by atoms with E-state index in [0.717, 1.165) is 31.5 Å². The minimum atomic E-state index is -0.499. The van der Waals surface area contributed by atoms with Crippen molar-refractivity contribution >= 4 is 5.91 Å². The van der Waals surface area contributed by atoms with Crippen LogP contribution in [0.1, 0.15) is 32.3 Å². The molecule has 2 rings (SSSR count). The summed E-state index contributed by atoms with van der Waals surface area (Å²) >= 11 is 0. The lowest BCUT2D eigenvalue weighted by Gasteiger charge is -2.37. The van der Waals surface area contributed by atoms with Crippen molar-refractivity contribution in [3.8, 4) is 5.75 Å². The molecule has 0 aliphatic carbocycles. The lowest BCUT2D eigenvalue weighted by Crippen LogP contribution is -2.49. The third-order valence-corrected chi connectivity index (χ3v) is 4.14. The van der Waals surface area contributed by atoms with E-state index in [0.29, 0.717) is 11.8 Å². The number of nitrogens with zero attached hydrogens (tertiary/aromatic N) is 1. The van der Waals surface area contributed by atoms with Gasteiger partial charge in [-0.15, -0.1) is 0 Å². The van der Waals surface area contributed by atoms with Crippen molar-refractivity contribution in [2.45, 2.75) is 39.2 Å². The van der Waals surface area contributed by atoms with Gasteiger partial charge in [0.1, 0.15) is 5.75 Å². The lowest BCUT2D eigenvalue weighted by molar-refractivity contribution is -0.134. The standard InChI is InChI=1S/C16H24N2O2/c1-16(2)7-9-18(10-8-16)15(20)14(17)11-12-3-5-13(19)6-4-12/h3-6,14,19H,7-11,17H2,1-2H3. The molecule has 1 amide bonds. The second kappa shape index (κ2) is 5.83. The molecule has 20 heavy (non-hydrogen) atoms. The Kier molecular flexibility index (Phi) is 4.33. The van der Waals surface area contributed by atoms with Crippen molar-refractivity contribution in [3.05, 3.63) is 29.8 Å². The van der Waals surface area contributed by atoms with E-state index in [1.807, 2.05) is 17.0 Å². The summed E-state index contributed by atoms with van der Waals surface area (Å²) in [7, 11) is 0. The van der Waals surface area contributed by atoms with Gasteiger partial charge in [0.05, 0.1) is 6.04 Å². The fourth-order valence-corrected chi connectivity index (χ4v) is 2.54. The summed E-state index contributed by atoms with van der Waals surface area (Å²) in [5, 5.41) is 9.25. The zero-order chi connectivity index (χ0) is 14.8. The molecule has 3 N–H and O–H groups in total. The SMILES string of the molecule is CC1(C)CCN(C(=O)C(N)Cc2ccc(O)cc2)CC1. The molecule has 110 valence electrons. The van der Waals surface area contributed by atoms with Crippen molar-refractivity contribution in [3.63, 3.8) is 0 Å². The first kappa shape index (κ1) is 14.9. The Morgan fingerprint density at radius 1 is 1.30 bits per heavy atom. The molecule has 1 unspecified atom stereocenters. The van der Waals surface area contributed by atoms with E-state index in [1.165, 1.54) is 0 Å². The maximum absolute atomic E-state index is 12.3. The minimum absolute atomic E-state index is 0.0357. The van der Waals surface area contributed by atoms with E-state index in [9.17, 15) is 9.90 Å². The van der Waals surface area contributed by atoms with E-state index in [2.05, 4.69) is 13.8 Å². The molecule has 1 atom stereocenters. The van der Waals surface area contributed by atoms with Gasteiger partial charge in [-0.3, -0.25) is 4.79 Å². The van der Waals surface area contributed by atoms with Gasteiger partial charge in [-0.1, -0.05) is 26.0 Å². The molecule has 1 aromatic rings. The quantitative estimate of drug-likeness (QED) is 0.886. The molecule has 0 saturated carbocycles. The Balaban J connectivity index is 1.90. The highest BCUT2D eigenvalue weighted by molar-refractivity contribution is 5.82. The predicted octanol–water partition coefficient (Wildman–Crippen LogP) is 1.91. The van der Waals surface area contributed by atoms with E-state index >= 15 is 0 Å². The maximum Gasteiger partial charge on any atom is 0.239 e. The molecule has 0 bridgehead atoms. The van der Waals surface area contributed by atoms with Gasteiger partial charge in [-0.25, -0.2) is 0 Å². The molecule has 1 aliphatic rings. The number of phenolic OH excluding ortho intramolecular Hbond substituents is 1. The number of carbonyl (C=O) groups excluding carboxylic acids is 1. The first-order valence-corrected chi connectivity index (χ1v) is 7.20. The van der Waals surface area contributed by atoms with Gasteiger partial charge in [0.15, 0.2) is 0 Å². The van der Waals surface area contributed by atoms with Crippen LogP contribution in [0.15, 0.2) is 24.3 Å². The number of likely N-dealkylation sites (tertiary alicyclic amines) is 1. The average Bonchev–Trinajstić information content (AvgIpc) is 2.40. The van der Waals surface area contributed by atoms with Crippen LogP contribution in [-0.2, 0) is 11.2 Å². The second-order valence-electron chi connectivity index (χ2n) is 6.47. The minimum Gasteiger partial charge on any atom is -0.508 e. The molecule has 1 saturated heterocycles. The highest BCUT2D eigenvalue weighted by Gasteiger charge is 2.29. The Hall–Kier alpha value is -1.55. The molecule has 0 aromatic heterocycles. The highest BCUT2D eigenvalue weighted by Crippen LogP contribution is 2.29. The van der Waals surface area contributed by atoms with Crippen LogP contribution in [0.25, 0.3) is 0 Å². The molecular formula is C16H24N2O2.